The fourth-order valence-corrected chi connectivity index (χ4v) is 5.69. The number of aliphatic carboxylic acids is 1. The number of likely N-dealkylation sites (tertiary alicyclic amines) is 1. The van der Waals surface area contributed by atoms with E-state index in [9.17, 15) is 9.59 Å². The number of anilines is 1. The summed E-state index contributed by atoms with van der Waals surface area (Å²) < 4.78 is 5.44. The molecule has 2 aliphatic rings. The number of morpholine rings is 1. The van der Waals surface area contributed by atoms with Crippen molar-refractivity contribution in [3.63, 3.8) is 0 Å². The van der Waals surface area contributed by atoms with Crippen LogP contribution in [0.5, 0.6) is 0 Å². The van der Waals surface area contributed by atoms with Gasteiger partial charge in [-0.2, -0.15) is 0 Å². The topological polar surface area (TPSA) is 70.1 Å². The smallest absolute Gasteiger partial charge is 0.306 e. The Morgan fingerprint density at radius 2 is 1.74 bits per heavy atom. The molecule has 2 saturated heterocycles. The van der Waals surface area contributed by atoms with Gasteiger partial charge >= 0.3 is 5.97 Å². The van der Waals surface area contributed by atoms with Gasteiger partial charge in [0.25, 0.3) is 5.91 Å². The van der Waals surface area contributed by atoms with Crippen molar-refractivity contribution < 1.29 is 19.4 Å². The number of carboxylic acids is 1. The van der Waals surface area contributed by atoms with E-state index in [0.29, 0.717) is 36.5 Å². The molecule has 2 heterocycles. The van der Waals surface area contributed by atoms with Gasteiger partial charge in [-0.1, -0.05) is 53.7 Å². The van der Waals surface area contributed by atoms with Crippen molar-refractivity contribution in [1.82, 2.24) is 4.90 Å². The quantitative estimate of drug-likeness (QED) is 0.520. The zero-order valence-corrected chi connectivity index (χ0v) is 21.0. The molecule has 6 nitrogen and oxygen atoms in total. The highest BCUT2D eigenvalue weighted by molar-refractivity contribution is 7.99. The monoisotopic (exact) mass is 520 g/mol. The van der Waals surface area contributed by atoms with Gasteiger partial charge < -0.3 is 19.6 Å². The minimum Gasteiger partial charge on any atom is -0.481 e. The van der Waals surface area contributed by atoms with Crippen molar-refractivity contribution in [3.05, 3.63) is 58.6 Å². The van der Waals surface area contributed by atoms with Crippen molar-refractivity contribution in [2.24, 2.45) is 5.92 Å². The fourth-order valence-electron chi connectivity index (χ4n) is 4.17. The summed E-state index contributed by atoms with van der Waals surface area (Å²) in [5.74, 6) is -1.47. The number of carboxylic acid groups (broad SMARTS) is 1. The first-order valence-electron chi connectivity index (χ1n) is 11.1. The molecule has 0 radical (unpaired) electrons. The van der Waals surface area contributed by atoms with Crippen molar-refractivity contribution >= 4 is 58.1 Å². The van der Waals surface area contributed by atoms with E-state index in [0.717, 1.165) is 41.8 Å². The molecule has 0 aliphatic carbocycles. The number of ether oxygens (including phenoxy) is 1. The predicted molar refractivity (Wildman–Crippen MR) is 136 cm³/mol. The van der Waals surface area contributed by atoms with Gasteiger partial charge in [-0.3, -0.25) is 9.59 Å². The molecular weight excluding hydrogens is 495 g/mol. The summed E-state index contributed by atoms with van der Waals surface area (Å²) in [6, 6.07) is 11.9. The summed E-state index contributed by atoms with van der Waals surface area (Å²) in [6.07, 6.45) is 0.865. The summed E-state index contributed by atoms with van der Waals surface area (Å²) in [7, 11) is 0. The van der Waals surface area contributed by atoms with Gasteiger partial charge in [-0.25, -0.2) is 0 Å². The third-order valence-electron chi connectivity index (χ3n) is 6.18. The van der Waals surface area contributed by atoms with Crippen LogP contribution in [0.4, 0.5) is 5.69 Å². The van der Waals surface area contributed by atoms with E-state index >= 15 is 0 Å². The number of carbonyl (C=O) groups excluding carboxylic acids is 1. The average Bonchev–Trinajstić information content (AvgIpc) is 2.87. The Hall–Kier alpha value is -2.19. The summed E-state index contributed by atoms with van der Waals surface area (Å²) >= 11 is 14.7. The van der Waals surface area contributed by atoms with Crippen molar-refractivity contribution in [1.29, 1.82) is 0 Å². The van der Waals surface area contributed by atoms with Crippen LogP contribution < -0.4 is 4.90 Å². The molecule has 4 rings (SSSR count). The number of amides is 1. The number of halogens is 2. The van der Waals surface area contributed by atoms with Gasteiger partial charge in [-0.05, 0) is 37.1 Å². The number of carbonyl (C=O) groups is 2. The Labute approximate surface area is 213 Å². The molecular formula is C25H26Cl2N2O4S. The van der Waals surface area contributed by atoms with Crippen LogP contribution in [0, 0.1) is 5.92 Å². The summed E-state index contributed by atoms with van der Waals surface area (Å²) in [6.45, 7) is 7.89. The molecule has 9 heteroatoms. The lowest BCUT2D eigenvalue weighted by atomic mass is 9.96. The number of nitrogens with zero attached hydrogens (tertiary/aromatic N) is 2. The lowest BCUT2D eigenvalue weighted by molar-refractivity contribution is -0.144. The third-order valence-corrected chi connectivity index (χ3v) is 8.23. The number of benzene rings is 2. The lowest BCUT2D eigenvalue weighted by Gasteiger charge is -2.30. The molecule has 0 unspecified atom stereocenters. The Bertz CT molecular complexity index is 1100. The normalized spacial score (nSPS) is 17.0. The van der Waals surface area contributed by atoms with Crippen LogP contribution in [0.1, 0.15) is 18.4 Å². The predicted octanol–water partition coefficient (Wildman–Crippen LogP) is 5.32. The van der Waals surface area contributed by atoms with Crippen LogP contribution >= 0.6 is 35.0 Å². The molecule has 2 aromatic carbocycles. The largest absolute Gasteiger partial charge is 0.481 e. The van der Waals surface area contributed by atoms with E-state index in [4.69, 9.17) is 33.0 Å². The second kappa shape index (κ2) is 11.0. The molecule has 0 atom stereocenters. The first-order valence-corrected chi connectivity index (χ1v) is 12.7. The Balaban J connectivity index is 1.46. The standard InChI is InChI=1S/C25H26Cl2N2O4S/c1-16(24(30)29-9-7-17(8-10-29)25(31)32)20-5-6-21(23(27)22(20)26)34-19-4-2-3-18(15-19)28-11-13-33-14-12-28/h2-6,15,17H,1,7-14H2,(H,31,32). The van der Waals surface area contributed by atoms with Gasteiger partial charge in [0.1, 0.15) is 0 Å². The van der Waals surface area contributed by atoms with E-state index in [1.165, 1.54) is 11.8 Å². The van der Waals surface area contributed by atoms with Crippen LogP contribution in [0.3, 0.4) is 0 Å². The van der Waals surface area contributed by atoms with E-state index in [2.05, 4.69) is 23.6 Å². The first-order chi connectivity index (χ1) is 16.3. The second-order valence-electron chi connectivity index (χ2n) is 8.32. The minimum absolute atomic E-state index is 0.250. The molecule has 2 fully saturated rings. The fraction of sp³-hybridized carbons (Fsp3) is 0.360. The van der Waals surface area contributed by atoms with Gasteiger partial charge in [-0.15, -0.1) is 0 Å². The number of rotatable bonds is 6. The van der Waals surface area contributed by atoms with Crippen molar-refractivity contribution in [2.45, 2.75) is 22.6 Å². The average molecular weight is 521 g/mol. The molecule has 0 bridgehead atoms. The van der Waals surface area contributed by atoms with Crippen LogP contribution in [0.15, 0.2) is 52.8 Å². The van der Waals surface area contributed by atoms with Crippen LogP contribution in [0.25, 0.3) is 5.57 Å². The SMILES string of the molecule is C=C(C(=O)N1CCC(C(=O)O)CC1)c1ccc(Sc2cccc(N3CCOCC3)c2)c(Cl)c1Cl. The summed E-state index contributed by atoms with van der Waals surface area (Å²) in [5, 5.41) is 9.83. The Morgan fingerprint density at radius 1 is 1.03 bits per heavy atom. The molecule has 1 amide bonds. The Morgan fingerprint density at radius 3 is 2.41 bits per heavy atom. The van der Waals surface area contributed by atoms with Crippen molar-refractivity contribution in [2.75, 3.05) is 44.3 Å². The second-order valence-corrected chi connectivity index (χ2v) is 10.2. The van der Waals surface area contributed by atoms with Gasteiger partial charge in [0.15, 0.2) is 0 Å². The summed E-state index contributed by atoms with van der Waals surface area (Å²) in [4.78, 5) is 29.9. The maximum Gasteiger partial charge on any atom is 0.306 e. The van der Waals surface area contributed by atoms with Crippen LogP contribution in [-0.4, -0.2) is 61.3 Å². The third kappa shape index (κ3) is 5.54. The van der Waals surface area contributed by atoms with E-state index < -0.39 is 11.9 Å². The van der Waals surface area contributed by atoms with Crippen molar-refractivity contribution in [3.8, 4) is 0 Å². The van der Waals surface area contributed by atoms with Crippen LogP contribution in [-0.2, 0) is 14.3 Å². The summed E-state index contributed by atoms with van der Waals surface area (Å²) in [5.41, 5.74) is 1.88. The first kappa shape index (κ1) is 24.9. The Kier molecular flexibility index (Phi) is 8.09. The maximum absolute atomic E-state index is 13.0. The number of hydrogen-bond donors (Lipinski definition) is 1. The van der Waals surface area contributed by atoms with Gasteiger partial charge in [0, 0.05) is 52.8 Å². The van der Waals surface area contributed by atoms with Gasteiger partial charge in [0.05, 0.1) is 29.2 Å². The highest BCUT2D eigenvalue weighted by Gasteiger charge is 2.29. The highest BCUT2D eigenvalue weighted by atomic mass is 35.5. The number of piperidine rings is 1. The molecule has 180 valence electrons. The molecule has 2 aromatic rings. The molecule has 0 aromatic heterocycles. The molecule has 34 heavy (non-hydrogen) atoms. The lowest BCUT2D eigenvalue weighted by Crippen LogP contribution is -2.40. The molecule has 2 aliphatic heterocycles. The molecule has 1 N–H and O–H groups in total. The molecule has 0 spiro atoms. The molecule has 0 saturated carbocycles. The minimum atomic E-state index is -0.815. The van der Waals surface area contributed by atoms with Gasteiger partial charge in [0.2, 0.25) is 0 Å². The number of hydrogen-bond acceptors (Lipinski definition) is 5. The highest BCUT2D eigenvalue weighted by Crippen LogP contribution is 2.41. The maximum atomic E-state index is 13.0. The van der Waals surface area contributed by atoms with E-state index in [1.807, 2.05) is 18.2 Å². The zero-order valence-electron chi connectivity index (χ0n) is 18.6. The zero-order chi connectivity index (χ0) is 24.2. The van der Waals surface area contributed by atoms with Crippen LogP contribution in [0.2, 0.25) is 10.0 Å². The van der Waals surface area contributed by atoms with E-state index in [-0.39, 0.29) is 16.5 Å². The van der Waals surface area contributed by atoms with E-state index in [1.54, 1.807) is 11.0 Å².